The molecule has 0 saturated carbocycles. The third-order valence-electron chi connectivity index (χ3n) is 3.74. The lowest BCUT2D eigenvalue weighted by Crippen LogP contribution is -2.41. The Morgan fingerprint density at radius 1 is 1.53 bits per heavy atom. The fraction of sp³-hybridized carbons (Fsp3) is 0.692. The lowest BCUT2D eigenvalue weighted by atomic mass is 10.1. The van der Waals surface area contributed by atoms with Crippen LogP contribution in [0.15, 0.2) is 12.3 Å². The number of hydrogen-bond donors (Lipinski definition) is 0. The van der Waals surface area contributed by atoms with E-state index in [1.165, 1.54) is 10.8 Å². The molecule has 0 N–H and O–H groups in total. The predicted octanol–water partition coefficient (Wildman–Crippen LogP) is 0.814. The standard InChI is InChI=1S/C13H20N4O2/c1-15-9-11-4-5-14-17(11)12(10-15)8-13(18)16-6-2-3-7-19-16/h4-5,12H,2-3,6-10H2,1H3/t12-/m0/s1. The number of amides is 1. The average molecular weight is 264 g/mol. The van der Waals surface area contributed by atoms with Gasteiger partial charge < -0.3 is 0 Å². The quantitative estimate of drug-likeness (QED) is 0.793. The number of nitrogens with zero attached hydrogens (tertiary/aromatic N) is 4. The molecule has 1 fully saturated rings. The van der Waals surface area contributed by atoms with Gasteiger partial charge in [-0.3, -0.25) is 19.2 Å². The van der Waals surface area contributed by atoms with Crippen LogP contribution in [0.25, 0.3) is 0 Å². The Morgan fingerprint density at radius 2 is 2.42 bits per heavy atom. The van der Waals surface area contributed by atoms with Crippen LogP contribution in [-0.2, 0) is 16.2 Å². The van der Waals surface area contributed by atoms with Crippen molar-refractivity contribution in [1.82, 2.24) is 19.7 Å². The monoisotopic (exact) mass is 264 g/mol. The van der Waals surface area contributed by atoms with Crippen LogP contribution in [0.1, 0.15) is 31.0 Å². The van der Waals surface area contributed by atoms with Gasteiger partial charge in [-0.2, -0.15) is 5.10 Å². The van der Waals surface area contributed by atoms with Crippen molar-refractivity contribution in [3.63, 3.8) is 0 Å². The van der Waals surface area contributed by atoms with E-state index in [0.717, 1.165) is 25.9 Å². The minimum Gasteiger partial charge on any atom is -0.298 e. The van der Waals surface area contributed by atoms with Crippen LogP contribution < -0.4 is 0 Å². The Bertz CT molecular complexity index is 453. The van der Waals surface area contributed by atoms with Gasteiger partial charge in [-0.1, -0.05) is 0 Å². The van der Waals surface area contributed by atoms with Gasteiger partial charge in [0, 0.05) is 25.8 Å². The maximum Gasteiger partial charge on any atom is 0.248 e. The maximum absolute atomic E-state index is 12.2. The van der Waals surface area contributed by atoms with Crippen molar-refractivity contribution < 1.29 is 9.63 Å². The van der Waals surface area contributed by atoms with Crippen LogP contribution in [0.4, 0.5) is 0 Å². The summed E-state index contributed by atoms with van der Waals surface area (Å²) in [6.45, 7) is 3.12. The smallest absolute Gasteiger partial charge is 0.248 e. The van der Waals surface area contributed by atoms with E-state index >= 15 is 0 Å². The predicted molar refractivity (Wildman–Crippen MR) is 69.1 cm³/mol. The first-order chi connectivity index (χ1) is 9.24. The second-order valence-corrected chi connectivity index (χ2v) is 5.36. The van der Waals surface area contributed by atoms with E-state index in [-0.39, 0.29) is 11.9 Å². The van der Waals surface area contributed by atoms with E-state index in [0.29, 0.717) is 19.6 Å². The number of fused-ring (bicyclic) bond motifs is 1. The molecule has 1 atom stereocenters. The van der Waals surface area contributed by atoms with Gasteiger partial charge in [0.15, 0.2) is 0 Å². The van der Waals surface area contributed by atoms with Gasteiger partial charge in [0.25, 0.3) is 0 Å². The molecule has 2 aliphatic rings. The summed E-state index contributed by atoms with van der Waals surface area (Å²) in [6.07, 6.45) is 4.34. The molecule has 1 aromatic heterocycles. The molecule has 6 heteroatoms. The number of rotatable bonds is 2. The van der Waals surface area contributed by atoms with Gasteiger partial charge >= 0.3 is 0 Å². The van der Waals surface area contributed by atoms with E-state index < -0.39 is 0 Å². The molecule has 0 aromatic carbocycles. The van der Waals surface area contributed by atoms with E-state index in [2.05, 4.69) is 17.0 Å². The van der Waals surface area contributed by atoms with Crippen molar-refractivity contribution in [1.29, 1.82) is 0 Å². The van der Waals surface area contributed by atoms with E-state index in [9.17, 15) is 4.79 Å². The van der Waals surface area contributed by atoms with Gasteiger partial charge in [0.2, 0.25) is 5.91 Å². The maximum atomic E-state index is 12.2. The first-order valence-electron chi connectivity index (χ1n) is 6.88. The number of hydroxylamine groups is 2. The lowest BCUT2D eigenvalue weighted by Gasteiger charge is -2.33. The molecular weight excluding hydrogens is 244 g/mol. The normalized spacial score (nSPS) is 24.3. The molecule has 1 saturated heterocycles. The minimum absolute atomic E-state index is 0.0708. The van der Waals surface area contributed by atoms with Gasteiger partial charge in [-0.15, -0.1) is 0 Å². The fourth-order valence-corrected chi connectivity index (χ4v) is 2.82. The second-order valence-electron chi connectivity index (χ2n) is 5.36. The molecule has 19 heavy (non-hydrogen) atoms. The van der Waals surface area contributed by atoms with Crippen molar-refractivity contribution in [2.24, 2.45) is 0 Å². The summed E-state index contributed by atoms with van der Waals surface area (Å²) in [7, 11) is 2.07. The van der Waals surface area contributed by atoms with Crippen molar-refractivity contribution in [3.05, 3.63) is 18.0 Å². The first kappa shape index (κ1) is 12.6. The van der Waals surface area contributed by atoms with Gasteiger partial charge in [-0.05, 0) is 26.0 Å². The third-order valence-corrected chi connectivity index (χ3v) is 3.74. The Kier molecular flexibility index (Phi) is 3.52. The first-order valence-corrected chi connectivity index (χ1v) is 6.88. The Morgan fingerprint density at radius 3 is 3.21 bits per heavy atom. The van der Waals surface area contributed by atoms with Gasteiger partial charge in [-0.25, -0.2) is 5.06 Å². The zero-order chi connectivity index (χ0) is 13.2. The van der Waals surface area contributed by atoms with E-state index in [1.807, 2.05) is 16.9 Å². The molecule has 0 radical (unpaired) electrons. The SMILES string of the molecule is CN1Cc2ccnn2[C@@H](CC(=O)N2CCCCO2)C1. The Balaban J connectivity index is 1.68. The lowest BCUT2D eigenvalue weighted by molar-refractivity contribution is -0.198. The van der Waals surface area contributed by atoms with Crippen molar-refractivity contribution in [2.75, 3.05) is 26.7 Å². The van der Waals surface area contributed by atoms with Crippen LogP contribution in [0, 0.1) is 0 Å². The van der Waals surface area contributed by atoms with Gasteiger partial charge in [0.1, 0.15) is 0 Å². The molecule has 2 aliphatic heterocycles. The zero-order valence-corrected chi connectivity index (χ0v) is 11.3. The van der Waals surface area contributed by atoms with Crippen molar-refractivity contribution >= 4 is 5.91 Å². The molecule has 0 bridgehead atoms. The highest BCUT2D eigenvalue weighted by Crippen LogP contribution is 2.23. The summed E-state index contributed by atoms with van der Waals surface area (Å²) < 4.78 is 1.99. The molecule has 6 nitrogen and oxygen atoms in total. The van der Waals surface area contributed by atoms with Crippen molar-refractivity contribution in [2.45, 2.75) is 31.8 Å². The number of carbonyl (C=O) groups excluding carboxylic acids is 1. The number of aromatic nitrogens is 2. The van der Waals surface area contributed by atoms with Crippen molar-refractivity contribution in [3.8, 4) is 0 Å². The summed E-state index contributed by atoms with van der Waals surface area (Å²) in [6, 6.07) is 2.13. The topological polar surface area (TPSA) is 50.6 Å². The highest BCUT2D eigenvalue weighted by Gasteiger charge is 2.28. The minimum atomic E-state index is 0.0708. The van der Waals surface area contributed by atoms with Crippen LogP contribution in [0.2, 0.25) is 0 Å². The molecule has 0 spiro atoms. The highest BCUT2D eigenvalue weighted by atomic mass is 16.7. The summed E-state index contributed by atoms with van der Waals surface area (Å²) >= 11 is 0. The molecule has 3 heterocycles. The van der Waals surface area contributed by atoms with E-state index in [4.69, 9.17) is 4.84 Å². The number of hydrogen-bond acceptors (Lipinski definition) is 4. The van der Waals surface area contributed by atoms with Gasteiger partial charge in [0.05, 0.1) is 24.8 Å². The van der Waals surface area contributed by atoms with E-state index in [1.54, 1.807) is 0 Å². The molecule has 0 aliphatic carbocycles. The summed E-state index contributed by atoms with van der Waals surface area (Å²) in [5.41, 5.74) is 1.17. The molecule has 0 unspecified atom stereocenters. The Hall–Kier alpha value is -1.40. The molecule has 3 rings (SSSR count). The summed E-state index contributed by atoms with van der Waals surface area (Å²) in [5.74, 6) is 0.0708. The van der Waals surface area contributed by atoms with Crippen LogP contribution >= 0.6 is 0 Å². The number of carbonyl (C=O) groups is 1. The second kappa shape index (κ2) is 5.30. The number of likely N-dealkylation sites (N-methyl/N-ethyl adjacent to an activating group) is 1. The largest absolute Gasteiger partial charge is 0.298 e. The molecule has 104 valence electrons. The van der Waals surface area contributed by atoms with Crippen LogP contribution in [0.5, 0.6) is 0 Å². The molecule has 1 aromatic rings. The Labute approximate surface area is 112 Å². The fourth-order valence-electron chi connectivity index (χ4n) is 2.82. The molecule has 1 amide bonds. The zero-order valence-electron chi connectivity index (χ0n) is 11.3. The van der Waals surface area contributed by atoms with Crippen LogP contribution in [0.3, 0.4) is 0 Å². The molecular formula is C13H20N4O2. The average Bonchev–Trinajstić information content (AvgIpc) is 2.88. The van der Waals surface area contributed by atoms with Crippen LogP contribution in [-0.4, -0.2) is 52.4 Å². The summed E-state index contributed by atoms with van der Waals surface area (Å²) in [4.78, 5) is 19.9. The summed E-state index contributed by atoms with van der Waals surface area (Å²) in [5, 5.41) is 5.88. The third kappa shape index (κ3) is 2.64. The highest BCUT2D eigenvalue weighted by molar-refractivity contribution is 5.75.